The second-order valence-electron chi connectivity index (χ2n) is 3.66. The molecule has 2 rings (SSSR count). The third-order valence-corrected chi connectivity index (χ3v) is 2.82. The Hall–Kier alpha value is -0.830. The van der Waals surface area contributed by atoms with Gasteiger partial charge in [-0.05, 0) is 26.0 Å². The van der Waals surface area contributed by atoms with E-state index in [0.717, 1.165) is 10.0 Å². The zero-order valence-electron chi connectivity index (χ0n) is 7.43. The highest BCUT2D eigenvalue weighted by Crippen LogP contribution is 2.40. The van der Waals surface area contributed by atoms with E-state index in [1.54, 1.807) is 0 Å². The van der Waals surface area contributed by atoms with Crippen molar-refractivity contribution in [1.29, 1.82) is 0 Å². The molecular formula is C10H9BrO2. The molecule has 68 valence electrons. The Morgan fingerprint density at radius 1 is 1.38 bits per heavy atom. The van der Waals surface area contributed by atoms with Gasteiger partial charge < -0.3 is 4.74 Å². The van der Waals surface area contributed by atoms with Crippen LogP contribution in [0.15, 0.2) is 22.7 Å². The third kappa shape index (κ3) is 1.18. The summed E-state index contributed by atoms with van der Waals surface area (Å²) in [6.07, 6.45) is 0. The zero-order valence-corrected chi connectivity index (χ0v) is 9.01. The van der Waals surface area contributed by atoms with Crippen LogP contribution in [0.1, 0.15) is 19.4 Å². The molecule has 0 fully saturated rings. The van der Waals surface area contributed by atoms with Crippen LogP contribution >= 0.6 is 15.9 Å². The molecule has 1 aliphatic rings. The molecule has 1 aromatic rings. The fourth-order valence-corrected chi connectivity index (χ4v) is 1.77. The Balaban J connectivity index is 2.62. The van der Waals surface area contributed by atoms with Gasteiger partial charge in [0.15, 0.2) is 0 Å². The summed E-state index contributed by atoms with van der Waals surface area (Å²) in [6, 6.07) is 5.66. The summed E-state index contributed by atoms with van der Waals surface area (Å²) in [7, 11) is 0. The summed E-state index contributed by atoms with van der Waals surface area (Å²) in [5, 5.41) is 0. The van der Waals surface area contributed by atoms with Crippen LogP contribution < -0.4 is 4.74 Å². The maximum atomic E-state index is 11.4. The Morgan fingerprint density at radius 2 is 2.08 bits per heavy atom. The van der Waals surface area contributed by atoms with Crippen LogP contribution in [0.25, 0.3) is 0 Å². The second kappa shape index (κ2) is 2.58. The lowest BCUT2D eigenvalue weighted by Crippen LogP contribution is -2.25. The number of hydrogen-bond acceptors (Lipinski definition) is 2. The van der Waals surface area contributed by atoms with Gasteiger partial charge in [0.1, 0.15) is 5.75 Å². The summed E-state index contributed by atoms with van der Waals surface area (Å²) >= 11 is 3.33. The van der Waals surface area contributed by atoms with Gasteiger partial charge in [-0.3, -0.25) is 4.79 Å². The maximum absolute atomic E-state index is 11.4. The molecule has 0 bridgehead atoms. The minimum Gasteiger partial charge on any atom is -0.426 e. The van der Waals surface area contributed by atoms with Crippen LogP contribution in [-0.2, 0) is 10.2 Å². The molecule has 2 nitrogen and oxygen atoms in total. The van der Waals surface area contributed by atoms with Crippen molar-refractivity contribution in [1.82, 2.24) is 0 Å². The van der Waals surface area contributed by atoms with E-state index in [9.17, 15) is 4.79 Å². The summed E-state index contributed by atoms with van der Waals surface area (Å²) in [5.41, 5.74) is 0.455. The van der Waals surface area contributed by atoms with E-state index >= 15 is 0 Å². The molecule has 0 unspecified atom stereocenters. The number of hydrogen-bond donors (Lipinski definition) is 0. The first-order valence-electron chi connectivity index (χ1n) is 4.04. The van der Waals surface area contributed by atoms with Crippen molar-refractivity contribution in [3.63, 3.8) is 0 Å². The Morgan fingerprint density at radius 3 is 2.77 bits per heavy atom. The molecule has 1 heterocycles. The van der Waals surface area contributed by atoms with Crippen molar-refractivity contribution < 1.29 is 9.53 Å². The quantitative estimate of drug-likeness (QED) is 0.515. The van der Waals surface area contributed by atoms with Crippen LogP contribution in [-0.4, -0.2) is 5.97 Å². The number of esters is 1. The Kier molecular flexibility index (Phi) is 1.74. The second-order valence-corrected chi connectivity index (χ2v) is 4.57. The van der Waals surface area contributed by atoms with E-state index in [1.807, 2.05) is 32.0 Å². The molecule has 1 aromatic carbocycles. The molecule has 0 N–H and O–H groups in total. The van der Waals surface area contributed by atoms with E-state index in [-0.39, 0.29) is 5.97 Å². The molecule has 0 amide bonds. The zero-order chi connectivity index (χ0) is 9.64. The van der Waals surface area contributed by atoms with Gasteiger partial charge in [-0.25, -0.2) is 0 Å². The van der Waals surface area contributed by atoms with Gasteiger partial charge in [-0.1, -0.05) is 22.0 Å². The lowest BCUT2D eigenvalue weighted by molar-refractivity contribution is -0.137. The minimum atomic E-state index is -0.504. The number of rotatable bonds is 0. The van der Waals surface area contributed by atoms with Crippen molar-refractivity contribution in [2.75, 3.05) is 0 Å². The molecule has 13 heavy (non-hydrogen) atoms. The molecule has 0 saturated heterocycles. The smallest absolute Gasteiger partial charge is 0.321 e. The molecular weight excluding hydrogens is 232 g/mol. The Labute approximate surface area is 85.0 Å². The number of carbonyl (C=O) groups excluding carboxylic acids is 1. The fraction of sp³-hybridized carbons (Fsp3) is 0.300. The first-order chi connectivity index (χ1) is 6.01. The SMILES string of the molecule is CC1(C)C(=O)Oc2cc(Br)ccc21. The lowest BCUT2D eigenvalue weighted by atomic mass is 9.86. The lowest BCUT2D eigenvalue weighted by Gasteiger charge is -2.12. The highest BCUT2D eigenvalue weighted by molar-refractivity contribution is 9.10. The predicted octanol–water partition coefficient (Wildman–Crippen LogP) is 2.65. The van der Waals surface area contributed by atoms with Crippen molar-refractivity contribution in [3.05, 3.63) is 28.2 Å². The van der Waals surface area contributed by atoms with Crippen molar-refractivity contribution in [2.45, 2.75) is 19.3 Å². The summed E-state index contributed by atoms with van der Waals surface area (Å²) in [6.45, 7) is 3.74. The van der Waals surface area contributed by atoms with Gasteiger partial charge in [0.2, 0.25) is 0 Å². The van der Waals surface area contributed by atoms with Gasteiger partial charge in [-0.2, -0.15) is 0 Å². The van der Waals surface area contributed by atoms with Crippen molar-refractivity contribution in [2.24, 2.45) is 0 Å². The number of fused-ring (bicyclic) bond motifs is 1. The number of ether oxygens (including phenoxy) is 1. The summed E-state index contributed by atoms with van der Waals surface area (Å²) in [5.74, 6) is 0.491. The van der Waals surface area contributed by atoms with Crippen molar-refractivity contribution >= 4 is 21.9 Å². The molecule has 1 aliphatic heterocycles. The molecule has 3 heteroatoms. The highest BCUT2D eigenvalue weighted by atomic mass is 79.9. The average molecular weight is 241 g/mol. The maximum Gasteiger partial charge on any atom is 0.321 e. The van der Waals surface area contributed by atoms with E-state index in [2.05, 4.69) is 15.9 Å². The van der Waals surface area contributed by atoms with Crippen LogP contribution in [0, 0.1) is 0 Å². The van der Waals surface area contributed by atoms with E-state index in [4.69, 9.17) is 4.74 Å². The number of carbonyl (C=O) groups is 1. The Bertz CT molecular complexity index is 383. The third-order valence-electron chi connectivity index (χ3n) is 2.33. The van der Waals surface area contributed by atoms with Gasteiger partial charge in [0, 0.05) is 10.0 Å². The number of benzene rings is 1. The molecule has 0 aromatic heterocycles. The molecule has 0 atom stereocenters. The van der Waals surface area contributed by atoms with Crippen LogP contribution in [0.2, 0.25) is 0 Å². The van der Waals surface area contributed by atoms with Gasteiger partial charge in [-0.15, -0.1) is 0 Å². The monoisotopic (exact) mass is 240 g/mol. The van der Waals surface area contributed by atoms with Crippen molar-refractivity contribution in [3.8, 4) is 5.75 Å². The fourth-order valence-electron chi connectivity index (χ4n) is 1.43. The molecule has 0 spiro atoms. The largest absolute Gasteiger partial charge is 0.426 e. The summed E-state index contributed by atoms with van der Waals surface area (Å²) in [4.78, 5) is 11.4. The molecule has 0 saturated carbocycles. The average Bonchev–Trinajstić information content (AvgIpc) is 2.23. The normalized spacial score (nSPS) is 18.2. The molecule has 0 aliphatic carbocycles. The van der Waals surface area contributed by atoms with E-state index < -0.39 is 5.41 Å². The van der Waals surface area contributed by atoms with Crippen LogP contribution in [0.4, 0.5) is 0 Å². The van der Waals surface area contributed by atoms with E-state index in [0.29, 0.717) is 5.75 Å². The van der Waals surface area contributed by atoms with Crippen LogP contribution in [0.5, 0.6) is 5.75 Å². The van der Waals surface area contributed by atoms with Gasteiger partial charge >= 0.3 is 5.97 Å². The van der Waals surface area contributed by atoms with Gasteiger partial charge in [0.05, 0.1) is 5.41 Å². The first-order valence-corrected chi connectivity index (χ1v) is 4.83. The minimum absolute atomic E-state index is 0.180. The topological polar surface area (TPSA) is 26.3 Å². The first kappa shape index (κ1) is 8.75. The van der Waals surface area contributed by atoms with E-state index in [1.165, 1.54) is 0 Å². The molecule has 0 radical (unpaired) electrons. The standard InChI is InChI=1S/C10H9BrO2/c1-10(2)7-4-3-6(11)5-8(7)13-9(10)12/h3-5H,1-2H3. The summed E-state index contributed by atoms with van der Waals surface area (Å²) < 4.78 is 6.06. The highest BCUT2D eigenvalue weighted by Gasteiger charge is 2.40. The van der Waals surface area contributed by atoms with Gasteiger partial charge in [0.25, 0.3) is 0 Å². The van der Waals surface area contributed by atoms with Crippen LogP contribution in [0.3, 0.4) is 0 Å². The predicted molar refractivity (Wildman–Crippen MR) is 52.8 cm³/mol. The number of halogens is 1.